The summed E-state index contributed by atoms with van der Waals surface area (Å²) in [7, 11) is 0. The molecule has 0 aromatic carbocycles. The molecule has 0 aromatic rings. The second-order valence-corrected chi connectivity index (χ2v) is 2.72. The van der Waals surface area contributed by atoms with Gasteiger partial charge in [-0.1, -0.05) is 12.1 Å². The topological polar surface area (TPSA) is 95.9 Å². The molecule has 0 fully saturated rings. The van der Waals surface area contributed by atoms with E-state index in [0.29, 0.717) is 19.3 Å². The Morgan fingerprint density at radius 3 is 2.67 bits per heavy atom. The van der Waals surface area contributed by atoms with Crippen molar-refractivity contribution < 1.29 is 15.1 Å². The van der Waals surface area contributed by atoms with Gasteiger partial charge in [-0.25, -0.2) is 0 Å². The monoisotopic (exact) mass is 174 g/mol. The van der Waals surface area contributed by atoms with Gasteiger partial charge in [0.05, 0.1) is 5.92 Å². The number of carboxylic acids is 1. The van der Waals surface area contributed by atoms with Gasteiger partial charge in [-0.3, -0.25) is 4.79 Å². The lowest BCUT2D eigenvalue weighted by Gasteiger charge is -2.03. The normalized spacial score (nSPS) is 14.2. The molecule has 0 spiro atoms. The third kappa shape index (κ3) is 4.54. The van der Waals surface area contributed by atoms with Gasteiger partial charge < -0.3 is 16.0 Å². The fourth-order valence-corrected chi connectivity index (χ4v) is 0.763. The molecule has 0 aliphatic heterocycles. The van der Waals surface area contributed by atoms with Crippen molar-refractivity contribution in [2.45, 2.75) is 26.2 Å². The molecule has 0 saturated heterocycles. The first-order valence-electron chi connectivity index (χ1n) is 3.77. The van der Waals surface area contributed by atoms with Gasteiger partial charge in [0.1, 0.15) is 5.84 Å². The molecule has 0 aliphatic rings. The van der Waals surface area contributed by atoms with Crippen LogP contribution in [0, 0.1) is 5.92 Å². The second-order valence-electron chi connectivity index (χ2n) is 2.72. The van der Waals surface area contributed by atoms with Crippen LogP contribution < -0.4 is 5.73 Å². The zero-order valence-corrected chi connectivity index (χ0v) is 7.03. The van der Waals surface area contributed by atoms with Crippen LogP contribution >= 0.6 is 0 Å². The number of nitrogens with zero attached hydrogens (tertiary/aromatic N) is 1. The minimum absolute atomic E-state index is 0.146. The largest absolute Gasteiger partial charge is 0.481 e. The molecule has 4 N–H and O–H groups in total. The molecule has 0 heterocycles. The molecule has 0 aromatic heterocycles. The van der Waals surface area contributed by atoms with Crippen molar-refractivity contribution in [2.75, 3.05) is 0 Å². The minimum atomic E-state index is -0.811. The van der Waals surface area contributed by atoms with Gasteiger partial charge in [0.15, 0.2) is 0 Å². The number of hydrogen-bond donors (Lipinski definition) is 3. The highest BCUT2D eigenvalue weighted by Crippen LogP contribution is 2.07. The number of nitrogens with two attached hydrogens (primary N) is 1. The van der Waals surface area contributed by atoms with Gasteiger partial charge in [0.2, 0.25) is 0 Å². The first-order chi connectivity index (χ1) is 5.57. The van der Waals surface area contributed by atoms with E-state index in [1.165, 1.54) is 0 Å². The van der Waals surface area contributed by atoms with Crippen LogP contribution in [0.2, 0.25) is 0 Å². The molecule has 0 saturated carbocycles. The van der Waals surface area contributed by atoms with E-state index in [4.69, 9.17) is 16.0 Å². The lowest BCUT2D eigenvalue weighted by atomic mass is 10.0. The highest BCUT2D eigenvalue weighted by molar-refractivity contribution is 5.79. The zero-order chi connectivity index (χ0) is 9.56. The quantitative estimate of drug-likeness (QED) is 0.246. The van der Waals surface area contributed by atoms with Crippen LogP contribution in [0.25, 0.3) is 0 Å². The fourth-order valence-electron chi connectivity index (χ4n) is 0.763. The molecule has 5 heteroatoms. The first kappa shape index (κ1) is 10.7. The number of carbonyl (C=O) groups is 1. The maximum atomic E-state index is 10.3. The maximum Gasteiger partial charge on any atom is 0.306 e. The van der Waals surface area contributed by atoms with Gasteiger partial charge in [0, 0.05) is 6.42 Å². The lowest BCUT2D eigenvalue weighted by Crippen LogP contribution is -2.13. The Bertz CT molecular complexity index is 179. The van der Waals surface area contributed by atoms with Gasteiger partial charge in [-0.05, 0) is 12.8 Å². The van der Waals surface area contributed by atoms with Crippen molar-refractivity contribution in [2.24, 2.45) is 16.8 Å². The highest BCUT2D eigenvalue weighted by atomic mass is 16.4. The smallest absolute Gasteiger partial charge is 0.306 e. The Kier molecular flexibility index (Phi) is 4.83. The predicted molar refractivity (Wildman–Crippen MR) is 44.1 cm³/mol. The summed E-state index contributed by atoms with van der Waals surface area (Å²) >= 11 is 0. The van der Waals surface area contributed by atoms with Gasteiger partial charge in [-0.15, -0.1) is 0 Å². The molecule has 5 nitrogen and oxygen atoms in total. The molecule has 1 unspecified atom stereocenters. The zero-order valence-electron chi connectivity index (χ0n) is 7.03. The molecule has 0 rings (SSSR count). The third-order valence-electron chi connectivity index (χ3n) is 1.62. The minimum Gasteiger partial charge on any atom is -0.481 e. The van der Waals surface area contributed by atoms with E-state index in [9.17, 15) is 4.79 Å². The van der Waals surface area contributed by atoms with Gasteiger partial charge >= 0.3 is 5.97 Å². The Balaban J connectivity index is 3.50. The maximum absolute atomic E-state index is 10.3. The standard InChI is InChI=1S/C7H14N2O3/c1-5(7(10)11)3-2-4-6(8)9-12/h5,12H,2-4H2,1H3,(H2,8,9)(H,10,11). The van der Waals surface area contributed by atoms with Crippen LogP contribution in [0.4, 0.5) is 0 Å². The van der Waals surface area contributed by atoms with Crippen LogP contribution in [0.5, 0.6) is 0 Å². The fraction of sp³-hybridized carbons (Fsp3) is 0.714. The van der Waals surface area contributed by atoms with Crippen LogP contribution in [0.3, 0.4) is 0 Å². The van der Waals surface area contributed by atoms with E-state index in [-0.39, 0.29) is 11.8 Å². The van der Waals surface area contributed by atoms with Gasteiger partial charge in [-0.2, -0.15) is 0 Å². The van der Waals surface area contributed by atoms with E-state index in [1.54, 1.807) is 6.92 Å². The summed E-state index contributed by atoms with van der Waals surface area (Å²) in [5.41, 5.74) is 5.19. The molecule has 0 aliphatic carbocycles. The first-order valence-corrected chi connectivity index (χ1v) is 3.77. The molecule has 70 valence electrons. The summed E-state index contributed by atoms with van der Waals surface area (Å²) in [5, 5.41) is 19.4. The molecular weight excluding hydrogens is 160 g/mol. The Hall–Kier alpha value is -1.26. The number of aliphatic carboxylic acids is 1. The van der Waals surface area contributed by atoms with E-state index >= 15 is 0 Å². The van der Waals surface area contributed by atoms with Crippen molar-refractivity contribution in [1.82, 2.24) is 0 Å². The van der Waals surface area contributed by atoms with E-state index < -0.39 is 5.97 Å². The molecule has 0 radical (unpaired) electrons. The van der Waals surface area contributed by atoms with E-state index in [0.717, 1.165) is 0 Å². The van der Waals surface area contributed by atoms with E-state index in [1.807, 2.05) is 0 Å². The van der Waals surface area contributed by atoms with Crippen LogP contribution in [-0.4, -0.2) is 22.1 Å². The van der Waals surface area contributed by atoms with Gasteiger partial charge in [0.25, 0.3) is 0 Å². The summed E-state index contributed by atoms with van der Waals surface area (Å²) in [6.45, 7) is 1.63. The Morgan fingerprint density at radius 2 is 2.25 bits per heavy atom. The number of carboxylic acid groups (broad SMARTS) is 1. The summed E-state index contributed by atoms with van der Waals surface area (Å²) in [4.78, 5) is 10.3. The number of amidine groups is 1. The van der Waals surface area contributed by atoms with Crippen molar-refractivity contribution >= 4 is 11.8 Å². The summed E-state index contributed by atoms with van der Waals surface area (Å²) in [6, 6.07) is 0. The van der Waals surface area contributed by atoms with Crippen LogP contribution in [0.15, 0.2) is 5.16 Å². The molecule has 0 amide bonds. The van der Waals surface area contributed by atoms with Crippen molar-refractivity contribution in [3.63, 3.8) is 0 Å². The molecular formula is C7H14N2O3. The third-order valence-corrected chi connectivity index (χ3v) is 1.62. The SMILES string of the molecule is CC(CCC/C(N)=N/O)C(=O)O. The second kappa shape index (κ2) is 5.40. The molecule has 12 heavy (non-hydrogen) atoms. The average Bonchev–Trinajstić information content (AvgIpc) is 2.03. The molecule has 0 bridgehead atoms. The number of hydrogen-bond acceptors (Lipinski definition) is 3. The predicted octanol–water partition coefficient (Wildman–Crippen LogP) is 0.624. The summed E-state index contributed by atoms with van der Waals surface area (Å²) in [6.07, 6.45) is 1.61. The summed E-state index contributed by atoms with van der Waals surface area (Å²) in [5.74, 6) is -1.03. The Morgan fingerprint density at radius 1 is 1.67 bits per heavy atom. The van der Waals surface area contributed by atoms with Crippen molar-refractivity contribution in [3.05, 3.63) is 0 Å². The van der Waals surface area contributed by atoms with Crippen LogP contribution in [-0.2, 0) is 4.79 Å². The molecule has 1 atom stereocenters. The summed E-state index contributed by atoms with van der Waals surface area (Å²) < 4.78 is 0. The van der Waals surface area contributed by atoms with Crippen molar-refractivity contribution in [3.8, 4) is 0 Å². The van der Waals surface area contributed by atoms with Crippen molar-refractivity contribution in [1.29, 1.82) is 0 Å². The Labute approximate surface area is 70.9 Å². The average molecular weight is 174 g/mol. The highest BCUT2D eigenvalue weighted by Gasteiger charge is 2.09. The van der Waals surface area contributed by atoms with Crippen LogP contribution in [0.1, 0.15) is 26.2 Å². The lowest BCUT2D eigenvalue weighted by molar-refractivity contribution is -0.141. The number of rotatable bonds is 5. The number of oxime groups is 1. The van der Waals surface area contributed by atoms with E-state index in [2.05, 4.69) is 5.16 Å².